The predicted octanol–water partition coefficient (Wildman–Crippen LogP) is 4.93. The molecule has 1 N–H and O–H groups in total. The Balaban J connectivity index is 1.74. The van der Waals surface area contributed by atoms with Crippen molar-refractivity contribution in [2.75, 3.05) is 7.11 Å². The first-order valence-electron chi connectivity index (χ1n) is 10.4. The number of carbonyl (C=O) groups excluding carboxylic acids is 1. The smallest absolute Gasteiger partial charge is 0.433 e. The predicted molar refractivity (Wildman–Crippen MR) is 119 cm³/mol. The molecule has 0 atom stereocenters. The Morgan fingerprint density at radius 3 is 2.46 bits per heavy atom. The van der Waals surface area contributed by atoms with Gasteiger partial charge in [0.15, 0.2) is 5.69 Å². The highest BCUT2D eigenvalue weighted by molar-refractivity contribution is 5.95. The van der Waals surface area contributed by atoms with E-state index in [9.17, 15) is 31.1 Å². The zero-order valence-corrected chi connectivity index (χ0v) is 19.0. The molecule has 2 aromatic carbocycles. The second-order valence-electron chi connectivity index (χ2n) is 7.63. The van der Waals surface area contributed by atoms with Gasteiger partial charge >= 0.3 is 12.4 Å². The molecule has 0 bridgehead atoms. The van der Waals surface area contributed by atoms with Gasteiger partial charge in [-0.2, -0.15) is 31.4 Å². The summed E-state index contributed by atoms with van der Waals surface area (Å²) in [6.07, 6.45) is -8.69. The van der Waals surface area contributed by atoms with Crippen molar-refractivity contribution in [1.29, 1.82) is 0 Å². The molecular weight excluding hydrogens is 506 g/mol. The van der Waals surface area contributed by atoms with Crippen molar-refractivity contribution < 1.29 is 35.9 Å². The molecule has 0 aliphatic rings. The lowest BCUT2D eigenvalue weighted by Crippen LogP contribution is -2.19. The van der Waals surface area contributed by atoms with Crippen molar-refractivity contribution in [1.82, 2.24) is 25.4 Å². The van der Waals surface area contributed by atoms with Gasteiger partial charge < -0.3 is 4.74 Å². The van der Waals surface area contributed by atoms with Crippen LogP contribution in [0.3, 0.4) is 0 Å². The van der Waals surface area contributed by atoms with Crippen LogP contribution < -0.4 is 10.2 Å². The number of methoxy groups -OCH3 is 1. The van der Waals surface area contributed by atoms with Gasteiger partial charge in [0.25, 0.3) is 5.91 Å². The van der Waals surface area contributed by atoms with E-state index < -0.39 is 35.0 Å². The Morgan fingerprint density at radius 1 is 1.05 bits per heavy atom. The maximum Gasteiger partial charge on any atom is 0.433 e. The van der Waals surface area contributed by atoms with E-state index >= 15 is 0 Å². The van der Waals surface area contributed by atoms with E-state index in [1.54, 1.807) is 24.3 Å². The number of nitrogens with one attached hydrogen (secondary N) is 1. The molecule has 0 aliphatic heterocycles. The molecule has 0 fully saturated rings. The number of alkyl halides is 6. The standard InChI is InChI=1S/C23H16F6N6O2/c1-12-19(21(36)33-30-11-13-5-3-6-14(9-13)37-2)32-34-35(12)17-10-18(23(27,28)29)31-20-15(17)7-4-8-16(20)22(24,25)26/h3-11H,1-2H3,(H,33,36)/b30-11+. The molecular formula is C23H16F6N6O2. The highest BCUT2D eigenvalue weighted by atomic mass is 19.4. The number of nitrogens with zero attached hydrogens (tertiary/aromatic N) is 5. The first-order chi connectivity index (χ1) is 17.4. The monoisotopic (exact) mass is 522 g/mol. The second kappa shape index (κ2) is 9.52. The molecule has 8 nitrogen and oxygen atoms in total. The Hall–Kier alpha value is -4.49. The lowest BCUT2D eigenvalue weighted by molar-refractivity contribution is -0.142. The number of amides is 1. The highest BCUT2D eigenvalue weighted by Gasteiger charge is 2.38. The fraction of sp³-hybridized carbons (Fsp3) is 0.174. The molecule has 0 spiro atoms. The largest absolute Gasteiger partial charge is 0.497 e. The Morgan fingerprint density at radius 2 is 1.78 bits per heavy atom. The summed E-state index contributed by atoms with van der Waals surface area (Å²) in [6, 6.07) is 10.2. The van der Waals surface area contributed by atoms with Gasteiger partial charge in [0.1, 0.15) is 11.4 Å². The Bertz CT molecular complexity index is 1510. The maximum atomic E-state index is 13.5. The number of hydrazone groups is 1. The van der Waals surface area contributed by atoms with Crippen molar-refractivity contribution in [3.05, 3.63) is 76.7 Å². The third-order valence-electron chi connectivity index (χ3n) is 5.22. The molecule has 4 rings (SSSR count). The number of rotatable bonds is 5. The van der Waals surface area contributed by atoms with E-state index in [1.807, 2.05) is 0 Å². The van der Waals surface area contributed by atoms with E-state index in [-0.39, 0.29) is 22.5 Å². The van der Waals surface area contributed by atoms with Crippen molar-refractivity contribution >= 4 is 23.0 Å². The summed E-state index contributed by atoms with van der Waals surface area (Å²) in [5.41, 5.74) is -1.71. The summed E-state index contributed by atoms with van der Waals surface area (Å²) in [7, 11) is 1.48. The molecule has 0 aliphatic carbocycles. The minimum atomic E-state index is -5.05. The first-order valence-corrected chi connectivity index (χ1v) is 10.4. The van der Waals surface area contributed by atoms with Crippen LogP contribution in [0.1, 0.15) is 33.0 Å². The summed E-state index contributed by atoms with van der Waals surface area (Å²) in [5, 5.41) is 11.0. The van der Waals surface area contributed by atoms with E-state index in [0.717, 1.165) is 10.7 Å². The average Bonchev–Trinajstić information content (AvgIpc) is 3.23. The number of aromatic nitrogens is 4. The van der Waals surface area contributed by atoms with Crippen molar-refractivity contribution in [3.63, 3.8) is 0 Å². The van der Waals surface area contributed by atoms with Crippen LogP contribution in [-0.2, 0) is 12.4 Å². The third-order valence-corrected chi connectivity index (χ3v) is 5.22. The summed E-state index contributed by atoms with van der Waals surface area (Å²) in [5.74, 6) is -0.279. The van der Waals surface area contributed by atoms with E-state index in [0.29, 0.717) is 23.4 Å². The van der Waals surface area contributed by atoms with Crippen LogP contribution in [0.4, 0.5) is 26.3 Å². The molecule has 0 saturated carbocycles. The number of halogens is 6. The number of hydrogen-bond acceptors (Lipinski definition) is 6. The minimum absolute atomic E-state index is 0.0351. The fourth-order valence-electron chi connectivity index (χ4n) is 3.49. The summed E-state index contributed by atoms with van der Waals surface area (Å²) >= 11 is 0. The van der Waals surface area contributed by atoms with E-state index in [1.165, 1.54) is 26.3 Å². The molecule has 1 amide bonds. The van der Waals surface area contributed by atoms with Gasteiger partial charge in [-0.25, -0.2) is 15.1 Å². The van der Waals surface area contributed by atoms with Gasteiger partial charge in [0.05, 0.1) is 35.8 Å². The van der Waals surface area contributed by atoms with Crippen LogP contribution in [-0.4, -0.2) is 39.2 Å². The van der Waals surface area contributed by atoms with E-state index in [4.69, 9.17) is 4.74 Å². The van der Waals surface area contributed by atoms with Crippen molar-refractivity contribution in [2.45, 2.75) is 19.3 Å². The number of fused-ring (bicyclic) bond motifs is 1. The molecule has 14 heteroatoms. The van der Waals surface area contributed by atoms with Gasteiger partial charge in [-0.1, -0.05) is 29.5 Å². The van der Waals surface area contributed by atoms with Gasteiger partial charge in [-0.15, -0.1) is 5.10 Å². The maximum absolute atomic E-state index is 13.5. The van der Waals surface area contributed by atoms with Crippen LogP contribution in [0.2, 0.25) is 0 Å². The third kappa shape index (κ3) is 5.22. The normalized spacial score (nSPS) is 12.3. The molecule has 4 aromatic rings. The highest BCUT2D eigenvalue weighted by Crippen LogP contribution is 2.38. The molecule has 0 radical (unpaired) electrons. The first kappa shape index (κ1) is 25.6. The summed E-state index contributed by atoms with van der Waals surface area (Å²) in [4.78, 5) is 15.8. The molecule has 2 heterocycles. The zero-order valence-electron chi connectivity index (χ0n) is 19.0. The van der Waals surface area contributed by atoms with Crippen molar-refractivity contribution in [2.24, 2.45) is 5.10 Å². The van der Waals surface area contributed by atoms with E-state index in [2.05, 4.69) is 25.8 Å². The van der Waals surface area contributed by atoms with Crippen LogP contribution in [0.25, 0.3) is 16.6 Å². The molecule has 0 saturated heterocycles. The van der Waals surface area contributed by atoms with Gasteiger partial charge in [-0.05, 0) is 36.8 Å². The minimum Gasteiger partial charge on any atom is -0.497 e. The van der Waals surface area contributed by atoms with Gasteiger partial charge in [-0.3, -0.25) is 4.79 Å². The summed E-state index contributed by atoms with van der Waals surface area (Å²) in [6.45, 7) is 1.33. The number of pyridine rings is 1. The quantitative estimate of drug-likeness (QED) is 0.228. The van der Waals surface area contributed by atoms with Crippen LogP contribution in [0.15, 0.2) is 53.6 Å². The number of para-hydroxylation sites is 1. The summed E-state index contributed by atoms with van der Waals surface area (Å²) < 4.78 is 87.1. The number of benzene rings is 2. The van der Waals surface area contributed by atoms with Gasteiger partial charge in [0.2, 0.25) is 0 Å². The number of carbonyl (C=O) groups is 1. The zero-order chi connectivity index (χ0) is 27.0. The molecule has 37 heavy (non-hydrogen) atoms. The second-order valence-corrected chi connectivity index (χ2v) is 7.63. The lowest BCUT2D eigenvalue weighted by Gasteiger charge is -2.15. The Labute approximate surface area is 204 Å². The number of ether oxygens (including phenoxy) is 1. The Kier molecular flexibility index (Phi) is 6.59. The van der Waals surface area contributed by atoms with Crippen LogP contribution >= 0.6 is 0 Å². The molecule has 2 aromatic heterocycles. The van der Waals surface area contributed by atoms with Crippen molar-refractivity contribution in [3.8, 4) is 11.4 Å². The van der Waals surface area contributed by atoms with Crippen LogP contribution in [0, 0.1) is 6.92 Å². The van der Waals surface area contributed by atoms with Crippen LogP contribution in [0.5, 0.6) is 5.75 Å². The molecule has 0 unspecified atom stereocenters. The SMILES string of the molecule is COc1cccc(/C=N/NC(=O)c2nnn(-c3cc(C(F)(F)F)nc4c(C(F)(F)F)cccc34)c2C)c1. The fourth-order valence-corrected chi connectivity index (χ4v) is 3.49. The topological polar surface area (TPSA) is 94.3 Å². The lowest BCUT2D eigenvalue weighted by atomic mass is 10.1. The average molecular weight is 522 g/mol. The number of hydrogen-bond donors (Lipinski definition) is 1. The molecule has 192 valence electrons. The van der Waals surface area contributed by atoms with Gasteiger partial charge in [0, 0.05) is 5.39 Å².